The van der Waals surface area contributed by atoms with E-state index >= 15 is 0 Å². The Morgan fingerprint density at radius 3 is 2.80 bits per heavy atom. The number of benzene rings is 1. The van der Waals surface area contributed by atoms with Gasteiger partial charge in [-0.25, -0.2) is 4.79 Å². The fraction of sp³-hybridized carbons (Fsp3) is 0.222. The van der Waals surface area contributed by atoms with Crippen LogP contribution in [0.25, 0.3) is 11.3 Å². The third-order valence-electron chi connectivity index (χ3n) is 3.94. The highest BCUT2D eigenvalue weighted by Gasteiger charge is 2.13. The number of hydrogen-bond donors (Lipinski definition) is 2. The number of H-pyrrole nitrogens is 1. The van der Waals surface area contributed by atoms with E-state index in [4.69, 9.17) is 16.0 Å². The predicted molar refractivity (Wildman–Crippen MR) is 94.6 cm³/mol. The van der Waals surface area contributed by atoms with Crippen molar-refractivity contribution < 1.29 is 14.3 Å². The van der Waals surface area contributed by atoms with Crippen molar-refractivity contribution in [2.24, 2.45) is 0 Å². The Bertz CT molecular complexity index is 901. The second kappa shape index (κ2) is 7.13. The highest BCUT2D eigenvalue weighted by Crippen LogP contribution is 2.27. The van der Waals surface area contributed by atoms with Gasteiger partial charge in [-0.1, -0.05) is 11.6 Å². The average molecular weight is 360 g/mol. The Kier molecular flexibility index (Phi) is 4.92. The number of aromatic nitrogens is 2. The van der Waals surface area contributed by atoms with Gasteiger partial charge in [0.25, 0.3) is 0 Å². The molecule has 1 aromatic carbocycles. The number of nitrogens with one attached hydrogen (secondary N) is 1. The van der Waals surface area contributed by atoms with E-state index in [0.717, 1.165) is 23.6 Å². The monoisotopic (exact) mass is 359 g/mol. The van der Waals surface area contributed by atoms with Gasteiger partial charge >= 0.3 is 5.97 Å². The van der Waals surface area contributed by atoms with Crippen LogP contribution < -0.4 is 0 Å². The average Bonchev–Trinajstić information content (AvgIpc) is 3.17. The summed E-state index contributed by atoms with van der Waals surface area (Å²) in [5, 5.41) is 16.3. The van der Waals surface area contributed by atoms with Gasteiger partial charge in [-0.3, -0.25) is 10.00 Å². The quantitative estimate of drug-likeness (QED) is 0.696. The van der Waals surface area contributed by atoms with E-state index in [1.165, 1.54) is 6.07 Å². The molecule has 7 heteroatoms. The summed E-state index contributed by atoms with van der Waals surface area (Å²) in [6, 6.07) is 8.56. The van der Waals surface area contributed by atoms with Gasteiger partial charge in [0.1, 0.15) is 11.5 Å². The third-order valence-corrected chi connectivity index (χ3v) is 4.27. The minimum absolute atomic E-state index is 0.0599. The first-order chi connectivity index (χ1) is 11.9. The van der Waals surface area contributed by atoms with E-state index < -0.39 is 5.97 Å². The van der Waals surface area contributed by atoms with Gasteiger partial charge in [0.05, 0.1) is 23.3 Å². The number of aromatic amines is 1. The molecule has 0 aliphatic rings. The van der Waals surface area contributed by atoms with E-state index in [1.807, 2.05) is 32.3 Å². The van der Waals surface area contributed by atoms with Gasteiger partial charge in [-0.2, -0.15) is 5.10 Å². The molecule has 0 spiro atoms. The molecule has 6 nitrogen and oxygen atoms in total. The molecule has 0 unspecified atom stereocenters. The van der Waals surface area contributed by atoms with Crippen LogP contribution in [0, 0.1) is 6.92 Å². The largest absolute Gasteiger partial charge is 0.478 e. The number of furan rings is 1. The molecule has 0 radical (unpaired) electrons. The van der Waals surface area contributed by atoms with E-state index in [9.17, 15) is 9.90 Å². The summed E-state index contributed by atoms with van der Waals surface area (Å²) in [6.07, 6.45) is 1.82. The van der Waals surface area contributed by atoms with Gasteiger partial charge < -0.3 is 9.52 Å². The number of carboxylic acid groups (broad SMARTS) is 1. The molecule has 0 bridgehead atoms. The van der Waals surface area contributed by atoms with Crippen molar-refractivity contribution >= 4 is 17.6 Å². The van der Waals surface area contributed by atoms with Crippen LogP contribution in [-0.4, -0.2) is 33.2 Å². The van der Waals surface area contributed by atoms with Crippen molar-refractivity contribution in [2.75, 3.05) is 7.05 Å². The number of rotatable bonds is 6. The van der Waals surface area contributed by atoms with Crippen LogP contribution in [0.4, 0.5) is 0 Å². The molecule has 0 amide bonds. The molecular formula is C18H18ClN3O3. The van der Waals surface area contributed by atoms with Crippen molar-refractivity contribution in [1.82, 2.24) is 15.1 Å². The predicted octanol–water partition coefficient (Wildman–Crippen LogP) is 3.96. The summed E-state index contributed by atoms with van der Waals surface area (Å²) in [5.41, 5.74) is 2.93. The minimum atomic E-state index is -1.06. The Morgan fingerprint density at radius 1 is 1.32 bits per heavy atom. The van der Waals surface area contributed by atoms with Crippen molar-refractivity contribution in [2.45, 2.75) is 20.0 Å². The van der Waals surface area contributed by atoms with Crippen LogP contribution in [-0.2, 0) is 13.1 Å². The first-order valence-corrected chi connectivity index (χ1v) is 8.11. The molecule has 3 aromatic rings. The molecule has 130 valence electrons. The number of halogens is 1. The summed E-state index contributed by atoms with van der Waals surface area (Å²) >= 11 is 5.91. The lowest BCUT2D eigenvalue weighted by molar-refractivity contribution is 0.0697. The van der Waals surface area contributed by atoms with Gasteiger partial charge in [-0.05, 0) is 44.3 Å². The number of carboxylic acids is 1. The third kappa shape index (κ3) is 3.92. The lowest BCUT2D eigenvalue weighted by Gasteiger charge is -2.14. The van der Waals surface area contributed by atoms with Gasteiger partial charge in [0.2, 0.25) is 0 Å². The molecule has 0 aliphatic heterocycles. The summed E-state index contributed by atoms with van der Waals surface area (Å²) in [4.78, 5) is 13.3. The molecule has 2 aromatic heterocycles. The van der Waals surface area contributed by atoms with E-state index in [2.05, 4.69) is 15.1 Å². The van der Waals surface area contributed by atoms with Gasteiger partial charge in [0.15, 0.2) is 0 Å². The highest BCUT2D eigenvalue weighted by molar-refractivity contribution is 6.33. The normalized spacial score (nSPS) is 11.2. The highest BCUT2D eigenvalue weighted by atomic mass is 35.5. The Morgan fingerprint density at radius 2 is 2.12 bits per heavy atom. The minimum Gasteiger partial charge on any atom is -0.478 e. The molecule has 25 heavy (non-hydrogen) atoms. The fourth-order valence-corrected chi connectivity index (χ4v) is 2.81. The van der Waals surface area contributed by atoms with Crippen LogP contribution in [0.2, 0.25) is 5.02 Å². The summed E-state index contributed by atoms with van der Waals surface area (Å²) < 4.78 is 5.86. The Hall–Kier alpha value is -2.57. The van der Waals surface area contributed by atoms with Crippen LogP contribution >= 0.6 is 11.6 Å². The molecule has 0 saturated carbocycles. The smallest absolute Gasteiger partial charge is 0.337 e. The number of hydrogen-bond acceptors (Lipinski definition) is 4. The fourth-order valence-electron chi connectivity index (χ4n) is 2.61. The molecule has 0 aliphatic carbocycles. The summed E-state index contributed by atoms with van der Waals surface area (Å²) in [7, 11) is 2.00. The maximum absolute atomic E-state index is 11.2. The molecule has 0 atom stereocenters. The van der Waals surface area contributed by atoms with Crippen molar-refractivity contribution in [1.29, 1.82) is 0 Å². The number of carbonyl (C=O) groups is 1. The van der Waals surface area contributed by atoms with Crippen LogP contribution in [0.5, 0.6) is 0 Å². The van der Waals surface area contributed by atoms with Crippen LogP contribution in [0.3, 0.4) is 0 Å². The number of nitrogens with zero attached hydrogens (tertiary/aromatic N) is 2. The SMILES string of the molecule is Cc1[nH]ncc1CN(C)Cc1ccc(-c2ccc(Cl)c(C(=O)O)c2)o1. The second-order valence-corrected chi connectivity index (χ2v) is 6.37. The molecule has 2 heterocycles. The molecule has 3 rings (SSSR count). The van der Waals surface area contributed by atoms with Gasteiger partial charge in [-0.15, -0.1) is 0 Å². The second-order valence-electron chi connectivity index (χ2n) is 5.96. The Labute approximate surface area is 150 Å². The first kappa shape index (κ1) is 17.3. The lowest BCUT2D eigenvalue weighted by atomic mass is 10.1. The molecule has 0 saturated heterocycles. The summed E-state index contributed by atoms with van der Waals surface area (Å²) in [5.74, 6) is 0.348. The standard InChI is InChI=1S/C18H18ClN3O3/c1-11-13(8-20-21-11)9-22(2)10-14-4-6-17(25-14)12-3-5-16(19)15(7-12)18(23)24/h3-8H,9-10H2,1-2H3,(H,20,21)(H,23,24). The maximum Gasteiger partial charge on any atom is 0.337 e. The zero-order valence-electron chi connectivity index (χ0n) is 13.9. The van der Waals surface area contributed by atoms with E-state index in [-0.39, 0.29) is 10.6 Å². The van der Waals surface area contributed by atoms with Crippen LogP contribution in [0.15, 0.2) is 40.9 Å². The maximum atomic E-state index is 11.2. The first-order valence-electron chi connectivity index (χ1n) is 7.73. The van der Waals surface area contributed by atoms with Crippen LogP contribution in [0.1, 0.15) is 27.4 Å². The van der Waals surface area contributed by atoms with E-state index in [1.54, 1.807) is 12.1 Å². The molecule has 0 fully saturated rings. The summed E-state index contributed by atoms with van der Waals surface area (Å²) in [6.45, 7) is 3.37. The number of aromatic carboxylic acids is 1. The zero-order chi connectivity index (χ0) is 18.0. The topological polar surface area (TPSA) is 82.4 Å². The van der Waals surface area contributed by atoms with Crippen molar-refractivity contribution in [3.8, 4) is 11.3 Å². The van der Waals surface area contributed by atoms with E-state index in [0.29, 0.717) is 17.9 Å². The van der Waals surface area contributed by atoms with Gasteiger partial charge in [0, 0.05) is 23.4 Å². The lowest BCUT2D eigenvalue weighted by Crippen LogP contribution is -2.17. The van der Waals surface area contributed by atoms with Crippen molar-refractivity contribution in [3.05, 3.63) is 64.1 Å². The molecule has 2 N–H and O–H groups in total. The zero-order valence-corrected chi connectivity index (χ0v) is 14.7. The van der Waals surface area contributed by atoms with Crippen molar-refractivity contribution in [3.63, 3.8) is 0 Å². The Balaban J connectivity index is 1.73. The number of aryl methyl sites for hydroxylation is 1. The molecular weight excluding hydrogens is 342 g/mol.